The van der Waals surface area contributed by atoms with Crippen LogP contribution in [0.3, 0.4) is 0 Å². The molecule has 1 aliphatic carbocycles. The summed E-state index contributed by atoms with van der Waals surface area (Å²) in [6, 6.07) is 18.3. The number of sulfonamides is 1. The largest absolute Gasteiger partial charge is 0.378 e. The lowest BCUT2D eigenvalue weighted by Gasteiger charge is -2.37. The zero-order valence-corrected chi connectivity index (χ0v) is 18.0. The number of hydrogen-bond acceptors (Lipinski definition) is 3. The average molecular weight is 455 g/mol. The van der Waals surface area contributed by atoms with Crippen molar-refractivity contribution in [3.05, 3.63) is 101 Å². The molecule has 0 amide bonds. The quantitative estimate of drug-likeness (QED) is 0.468. The van der Waals surface area contributed by atoms with Crippen molar-refractivity contribution in [1.29, 1.82) is 0 Å². The summed E-state index contributed by atoms with van der Waals surface area (Å²) < 4.78 is 43.1. The number of hydrogen-bond donors (Lipinski definition) is 2. The number of anilines is 2. The summed E-state index contributed by atoms with van der Waals surface area (Å²) >= 11 is 6.12. The summed E-state index contributed by atoms with van der Waals surface area (Å²) in [5.74, 6) is -0.118. The highest BCUT2D eigenvalue weighted by Gasteiger charge is 2.39. The van der Waals surface area contributed by atoms with Gasteiger partial charge in [0.2, 0.25) is 0 Å². The molecule has 31 heavy (non-hydrogen) atoms. The average Bonchev–Trinajstić information content (AvgIpc) is 3.25. The number of halogens is 2. The summed E-state index contributed by atoms with van der Waals surface area (Å²) in [4.78, 5) is 0.163. The van der Waals surface area contributed by atoms with Crippen molar-refractivity contribution in [3.8, 4) is 0 Å². The summed E-state index contributed by atoms with van der Waals surface area (Å²) in [6.45, 7) is 0. The van der Waals surface area contributed by atoms with Gasteiger partial charge in [-0.15, -0.1) is 0 Å². The van der Waals surface area contributed by atoms with Gasteiger partial charge in [0, 0.05) is 17.2 Å². The molecule has 0 saturated heterocycles. The van der Waals surface area contributed by atoms with Gasteiger partial charge in [-0.1, -0.05) is 54.1 Å². The van der Waals surface area contributed by atoms with Crippen LogP contribution in [0.25, 0.3) is 0 Å². The molecule has 0 bridgehead atoms. The van der Waals surface area contributed by atoms with E-state index in [1.807, 2.05) is 6.07 Å². The number of benzene rings is 3. The summed E-state index contributed by atoms with van der Waals surface area (Å²) in [5.41, 5.74) is 2.67. The van der Waals surface area contributed by atoms with Crippen LogP contribution in [-0.4, -0.2) is 8.42 Å². The Labute approximate surface area is 185 Å². The van der Waals surface area contributed by atoms with Crippen molar-refractivity contribution in [2.75, 3.05) is 10.0 Å². The van der Waals surface area contributed by atoms with Gasteiger partial charge in [0.05, 0.1) is 21.6 Å². The van der Waals surface area contributed by atoms with E-state index in [2.05, 4.69) is 22.2 Å². The predicted molar refractivity (Wildman–Crippen MR) is 121 cm³/mol. The fourth-order valence-electron chi connectivity index (χ4n) is 4.52. The Hall–Kier alpha value is -2.83. The van der Waals surface area contributed by atoms with Gasteiger partial charge in [-0.2, -0.15) is 0 Å². The summed E-state index contributed by atoms with van der Waals surface area (Å²) in [7, 11) is -3.82. The molecule has 158 valence electrons. The van der Waals surface area contributed by atoms with Crippen LogP contribution in [0.2, 0.25) is 5.02 Å². The minimum atomic E-state index is -3.82. The maximum absolute atomic E-state index is 14.5. The van der Waals surface area contributed by atoms with E-state index in [-0.39, 0.29) is 28.6 Å². The first-order valence-corrected chi connectivity index (χ1v) is 11.9. The minimum absolute atomic E-state index is 0.0105. The maximum atomic E-state index is 14.5. The molecule has 0 spiro atoms. The van der Waals surface area contributed by atoms with E-state index in [4.69, 9.17) is 11.6 Å². The van der Waals surface area contributed by atoms with Crippen LogP contribution < -0.4 is 10.0 Å². The van der Waals surface area contributed by atoms with Crippen LogP contribution in [0.4, 0.5) is 15.8 Å². The number of para-hydroxylation sites is 1. The number of rotatable bonds is 4. The number of allylic oxidation sites excluding steroid dienone is 2. The van der Waals surface area contributed by atoms with Crippen molar-refractivity contribution >= 4 is 33.0 Å². The summed E-state index contributed by atoms with van der Waals surface area (Å²) in [5, 5.41) is 3.78. The standard InChI is InChI=1S/C24H20ClFN2O2S/c25-20-9-2-4-11-23(20)28-31(29,30)15-12-13-22-19(14-15)16-7-5-8-17(16)24(27-22)18-6-1-3-10-21(18)26/h1-7,9-14,16-17,24,27-28H,8H2/t16-,17+,24-/m0/s1. The molecule has 0 fully saturated rings. The summed E-state index contributed by atoms with van der Waals surface area (Å²) in [6.07, 6.45) is 4.98. The topological polar surface area (TPSA) is 58.2 Å². The molecule has 1 aliphatic heterocycles. The second-order valence-electron chi connectivity index (χ2n) is 7.83. The molecular weight excluding hydrogens is 435 g/mol. The van der Waals surface area contributed by atoms with Crippen molar-refractivity contribution in [2.45, 2.75) is 23.3 Å². The van der Waals surface area contributed by atoms with Crippen LogP contribution in [-0.2, 0) is 10.0 Å². The predicted octanol–water partition coefficient (Wildman–Crippen LogP) is 6.11. The third-order valence-corrected chi connectivity index (χ3v) is 7.70. The third-order valence-electron chi connectivity index (χ3n) is 6.00. The minimum Gasteiger partial charge on any atom is -0.378 e. The van der Waals surface area contributed by atoms with E-state index >= 15 is 0 Å². The van der Waals surface area contributed by atoms with E-state index in [9.17, 15) is 12.8 Å². The highest BCUT2D eigenvalue weighted by molar-refractivity contribution is 7.92. The SMILES string of the molecule is O=S(=O)(Nc1ccccc1Cl)c1ccc2c(c1)[C@H]1C=CC[C@H]1[C@@H](c1ccccc1F)N2. The molecule has 1 heterocycles. The van der Waals surface area contributed by atoms with Crippen LogP contribution in [0.1, 0.15) is 29.5 Å². The molecule has 4 nitrogen and oxygen atoms in total. The first-order chi connectivity index (χ1) is 14.9. The Morgan fingerprint density at radius 2 is 1.77 bits per heavy atom. The Bertz CT molecular complexity index is 1290. The lowest BCUT2D eigenvalue weighted by molar-refractivity contribution is 0.413. The van der Waals surface area contributed by atoms with Gasteiger partial charge in [-0.05, 0) is 54.3 Å². The van der Waals surface area contributed by atoms with Gasteiger partial charge in [0.1, 0.15) is 5.82 Å². The second kappa shape index (κ2) is 7.70. The molecule has 2 aliphatic rings. The van der Waals surface area contributed by atoms with Crippen LogP contribution in [0, 0.1) is 11.7 Å². The monoisotopic (exact) mass is 454 g/mol. The Balaban J connectivity index is 1.52. The number of fused-ring (bicyclic) bond motifs is 3. The first kappa shape index (κ1) is 20.1. The number of nitrogens with one attached hydrogen (secondary N) is 2. The van der Waals surface area contributed by atoms with Crippen LogP contribution >= 0.6 is 11.6 Å². The molecule has 5 rings (SSSR count). The van der Waals surface area contributed by atoms with Gasteiger partial charge in [-0.3, -0.25) is 4.72 Å². The maximum Gasteiger partial charge on any atom is 0.261 e. The van der Waals surface area contributed by atoms with Crippen molar-refractivity contribution < 1.29 is 12.8 Å². The van der Waals surface area contributed by atoms with Crippen molar-refractivity contribution in [3.63, 3.8) is 0 Å². The van der Waals surface area contributed by atoms with Gasteiger partial charge in [0.15, 0.2) is 0 Å². The zero-order valence-electron chi connectivity index (χ0n) is 16.4. The fourth-order valence-corrected chi connectivity index (χ4v) is 5.88. The fraction of sp³-hybridized carbons (Fsp3) is 0.167. The van der Waals surface area contributed by atoms with Crippen molar-refractivity contribution in [2.24, 2.45) is 5.92 Å². The molecule has 2 N–H and O–H groups in total. The molecular formula is C24H20ClFN2O2S. The Morgan fingerprint density at radius 3 is 2.58 bits per heavy atom. The third kappa shape index (κ3) is 3.60. The normalized spacial score (nSPS) is 21.8. The Kier molecular flexibility index (Phi) is 4.99. The molecule has 0 unspecified atom stereocenters. The highest BCUT2D eigenvalue weighted by Crippen LogP contribution is 2.50. The van der Waals surface area contributed by atoms with E-state index in [0.29, 0.717) is 16.3 Å². The van der Waals surface area contributed by atoms with Gasteiger partial charge < -0.3 is 5.32 Å². The van der Waals surface area contributed by atoms with Gasteiger partial charge in [-0.25, -0.2) is 12.8 Å². The van der Waals surface area contributed by atoms with Crippen LogP contribution in [0.5, 0.6) is 0 Å². The van der Waals surface area contributed by atoms with E-state index < -0.39 is 10.0 Å². The molecule has 7 heteroatoms. The van der Waals surface area contributed by atoms with E-state index in [1.54, 1.807) is 54.6 Å². The molecule has 3 aromatic carbocycles. The molecule has 0 radical (unpaired) electrons. The molecule has 0 aromatic heterocycles. The second-order valence-corrected chi connectivity index (χ2v) is 9.92. The first-order valence-electron chi connectivity index (χ1n) is 10.0. The highest BCUT2D eigenvalue weighted by atomic mass is 35.5. The zero-order chi connectivity index (χ0) is 21.6. The van der Waals surface area contributed by atoms with E-state index in [0.717, 1.165) is 17.7 Å². The van der Waals surface area contributed by atoms with Gasteiger partial charge >= 0.3 is 0 Å². The van der Waals surface area contributed by atoms with Crippen LogP contribution in [0.15, 0.2) is 83.8 Å². The van der Waals surface area contributed by atoms with Crippen molar-refractivity contribution in [1.82, 2.24) is 0 Å². The smallest absolute Gasteiger partial charge is 0.261 e. The van der Waals surface area contributed by atoms with E-state index in [1.165, 1.54) is 6.07 Å². The molecule has 3 atom stereocenters. The molecule has 3 aromatic rings. The Morgan fingerprint density at radius 1 is 1.00 bits per heavy atom. The molecule has 0 saturated carbocycles. The lowest BCUT2D eigenvalue weighted by Crippen LogP contribution is -2.30. The lowest BCUT2D eigenvalue weighted by atomic mass is 9.77. The van der Waals surface area contributed by atoms with Gasteiger partial charge in [0.25, 0.3) is 10.0 Å².